The van der Waals surface area contributed by atoms with Gasteiger partial charge in [0.1, 0.15) is 5.75 Å². The molecule has 0 fully saturated rings. The Morgan fingerprint density at radius 3 is 2.88 bits per heavy atom. The zero-order chi connectivity index (χ0) is 12.5. The monoisotopic (exact) mass is 254 g/mol. The van der Waals surface area contributed by atoms with Gasteiger partial charge >= 0.3 is 0 Å². The fourth-order valence-electron chi connectivity index (χ4n) is 1.51. The Bertz CT molecular complexity index is 320. The number of aromatic nitrogens is 1. The smallest absolute Gasteiger partial charge is 0.137 e. The number of nitrogens with zero attached hydrogens (tertiary/aromatic N) is 1. The third-order valence-corrected chi connectivity index (χ3v) is 3.42. The Morgan fingerprint density at radius 1 is 1.41 bits per heavy atom. The Labute approximate surface area is 108 Å². The van der Waals surface area contributed by atoms with Gasteiger partial charge in [0.15, 0.2) is 0 Å². The lowest BCUT2D eigenvalue weighted by atomic mass is 10.1. The van der Waals surface area contributed by atoms with E-state index in [1.807, 2.05) is 25.0 Å². The zero-order valence-corrected chi connectivity index (χ0v) is 11.7. The minimum atomic E-state index is 0.345. The van der Waals surface area contributed by atoms with Crippen molar-refractivity contribution in [3.8, 4) is 5.75 Å². The average molecular weight is 254 g/mol. The lowest BCUT2D eigenvalue weighted by Gasteiger charge is -2.16. The molecule has 0 amide bonds. The van der Waals surface area contributed by atoms with E-state index in [1.165, 1.54) is 5.56 Å². The van der Waals surface area contributed by atoms with Crippen molar-refractivity contribution >= 4 is 11.8 Å². The molecule has 1 rings (SSSR count). The summed E-state index contributed by atoms with van der Waals surface area (Å²) in [5.74, 6) is 3.06. The summed E-state index contributed by atoms with van der Waals surface area (Å²) in [4.78, 5) is 4.24. The summed E-state index contributed by atoms with van der Waals surface area (Å²) in [7, 11) is 1.99. The maximum Gasteiger partial charge on any atom is 0.137 e. The highest BCUT2D eigenvalue weighted by Crippen LogP contribution is 2.21. The van der Waals surface area contributed by atoms with Crippen LogP contribution in [0.5, 0.6) is 5.75 Å². The largest absolute Gasteiger partial charge is 0.492 e. The van der Waals surface area contributed by atoms with Crippen LogP contribution < -0.4 is 10.1 Å². The van der Waals surface area contributed by atoms with Gasteiger partial charge in [-0.3, -0.25) is 4.98 Å². The molecule has 0 saturated heterocycles. The van der Waals surface area contributed by atoms with Gasteiger partial charge in [-0.1, -0.05) is 13.8 Å². The van der Waals surface area contributed by atoms with Crippen molar-refractivity contribution in [1.82, 2.24) is 10.3 Å². The first-order valence-corrected chi connectivity index (χ1v) is 7.30. The molecule has 3 nitrogen and oxygen atoms in total. The van der Waals surface area contributed by atoms with Crippen LogP contribution >= 0.6 is 11.8 Å². The molecule has 1 aromatic rings. The van der Waals surface area contributed by atoms with Crippen molar-refractivity contribution in [3.63, 3.8) is 0 Å². The first-order chi connectivity index (χ1) is 8.31. The van der Waals surface area contributed by atoms with Crippen molar-refractivity contribution in [2.75, 3.05) is 25.2 Å². The Balaban J connectivity index is 2.66. The van der Waals surface area contributed by atoms with E-state index in [0.717, 1.165) is 30.3 Å². The van der Waals surface area contributed by atoms with Crippen molar-refractivity contribution < 1.29 is 4.74 Å². The van der Waals surface area contributed by atoms with Crippen molar-refractivity contribution in [2.24, 2.45) is 0 Å². The molecule has 0 aliphatic rings. The molecule has 1 unspecified atom stereocenters. The summed E-state index contributed by atoms with van der Waals surface area (Å²) in [6.07, 6.45) is 4.71. The fourth-order valence-corrected chi connectivity index (χ4v) is 2.34. The number of pyridine rings is 1. The van der Waals surface area contributed by atoms with Gasteiger partial charge in [-0.15, -0.1) is 0 Å². The molecule has 96 valence electrons. The van der Waals surface area contributed by atoms with E-state index in [1.54, 1.807) is 6.20 Å². The number of thioether (sulfide) groups is 1. The van der Waals surface area contributed by atoms with Crippen LogP contribution in [0.2, 0.25) is 0 Å². The van der Waals surface area contributed by atoms with E-state index in [-0.39, 0.29) is 0 Å². The van der Waals surface area contributed by atoms with Crippen LogP contribution in [0.1, 0.15) is 31.9 Å². The van der Waals surface area contributed by atoms with Crippen molar-refractivity contribution in [3.05, 3.63) is 24.0 Å². The first-order valence-electron chi connectivity index (χ1n) is 6.14. The van der Waals surface area contributed by atoms with Crippen LogP contribution in [0.25, 0.3) is 0 Å². The molecule has 17 heavy (non-hydrogen) atoms. The SMILES string of the molecule is CCCOc1cncc(C(CSCC)NC)c1. The third kappa shape index (κ3) is 4.96. The molecule has 0 bridgehead atoms. The van der Waals surface area contributed by atoms with Gasteiger partial charge in [0.25, 0.3) is 0 Å². The maximum atomic E-state index is 5.60. The van der Waals surface area contributed by atoms with Crippen LogP contribution in [-0.4, -0.2) is 30.1 Å². The third-order valence-electron chi connectivity index (χ3n) is 2.45. The van der Waals surface area contributed by atoms with Crippen molar-refractivity contribution in [2.45, 2.75) is 26.3 Å². The van der Waals surface area contributed by atoms with Crippen LogP contribution in [0.4, 0.5) is 0 Å². The van der Waals surface area contributed by atoms with Crippen LogP contribution in [0, 0.1) is 0 Å². The Hall–Kier alpha value is -0.740. The molecule has 1 aromatic heterocycles. The fraction of sp³-hybridized carbons (Fsp3) is 0.615. The lowest BCUT2D eigenvalue weighted by molar-refractivity contribution is 0.315. The second-order valence-electron chi connectivity index (χ2n) is 3.80. The summed E-state index contributed by atoms with van der Waals surface area (Å²) in [6.45, 7) is 5.03. The molecule has 4 heteroatoms. The maximum absolute atomic E-state index is 5.60. The highest BCUT2D eigenvalue weighted by Gasteiger charge is 2.10. The minimum absolute atomic E-state index is 0.345. The predicted octanol–water partition coefficient (Wildman–Crippen LogP) is 2.88. The second-order valence-corrected chi connectivity index (χ2v) is 5.12. The predicted molar refractivity (Wildman–Crippen MR) is 74.8 cm³/mol. The number of hydrogen-bond donors (Lipinski definition) is 1. The van der Waals surface area contributed by atoms with Crippen molar-refractivity contribution in [1.29, 1.82) is 0 Å². The molecule has 0 aromatic carbocycles. The molecule has 0 aliphatic heterocycles. The number of ether oxygens (including phenoxy) is 1. The number of rotatable bonds is 8. The van der Waals surface area contributed by atoms with E-state index in [4.69, 9.17) is 4.74 Å². The zero-order valence-electron chi connectivity index (χ0n) is 10.9. The second kappa shape index (κ2) is 8.37. The highest BCUT2D eigenvalue weighted by molar-refractivity contribution is 7.99. The summed E-state index contributed by atoms with van der Waals surface area (Å²) in [5, 5.41) is 3.32. The number of nitrogens with one attached hydrogen (secondary N) is 1. The van der Waals surface area contributed by atoms with E-state index in [9.17, 15) is 0 Å². The quantitative estimate of drug-likeness (QED) is 0.773. The summed E-state index contributed by atoms with van der Waals surface area (Å²) in [6, 6.07) is 2.43. The first kappa shape index (κ1) is 14.3. The van der Waals surface area contributed by atoms with Gasteiger partial charge < -0.3 is 10.1 Å². The van der Waals surface area contributed by atoms with E-state index in [2.05, 4.69) is 30.2 Å². The Kier molecular flexibility index (Phi) is 7.05. The van der Waals surface area contributed by atoms with Gasteiger partial charge in [-0.2, -0.15) is 11.8 Å². The van der Waals surface area contributed by atoms with Gasteiger partial charge in [0.05, 0.1) is 12.8 Å². The van der Waals surface area contributed by atoms with Gasteiger partial charge in [0.2, 0.25) is 0 Å². The summed E-state index contributed by atoms with van der Waals surface area (Å²) < 4.78 is 5.60. The van der Waals surface area contributed by atoms with Gasteiger partial charge in [-0.25, -0.2) is 0 Å². The topological polar surface area (TPSA) is 34.1 Å². The normalized spacial score (nSPS) is 12.4. The average Bonchev–Trinajstić information content (AvgIpc) is 2.38. The molecule has 0 spiro atoms. The highest BCUT2D eigenvalue weighted by atomic mass is 32.2. The molecular formula is C13H22N2OS. The van der Waals surface area contributed by atoms with E-state index < -0.39 is 0 Å². The summed E-state index contributed by atoms with van der Waals surface area (Å²) >= 11 is 1.93. The molecule has 1 N–H and O–H groups in total. The molecule has 0 aliphatic carbocycles. The lowest BCUT2D eigenvalue weighted by Crippen LogP contribution is -2.19. The molecule has 1 heterocycles. The molecular weight excluding hydrogens is 232 g/mol. The number of hydrogen-bond acceptors (Lipinski definition) is 4. The van der Waals surface area contributed by atoms with Crippen LogP contribution in [-0.2, 0) is 0 Å². The molecule has 0 radical (unpaired) electrons. The van der Waals surface area contributed by atoms with E-state index in [0.29, 0.717) is 6.04 Å². The van der Waals surface area contributed by atoms with E-state index >= 15 is 0 Å². The molecule has 1 atom stereocenters. The molecule has 0 saturated carbocycles. The van der Waals surface area contributed by atoms with Gasteiger partial charge in [0, 0.05) is 18.0 Å². The standard InChI is InChI=1S/C13H22N2OS/c1-4-6-16-12-7-11(8-15-9-12)13(14-3)10-17-5-2/h7-9,13-14H,4-6,10H2,1-3H3. The van der Waals surface area contributed by atoms with Crippen LogP contribution in [0.3, 0.4) is 0 Å². The van der Waals surface area contributed by atoms with Gasteiger partial charge in [-0.05, 0) is 30.9 Å². The van der Waals surface area contributed by atoms with Crippen LogP contribution in [0.15, 0.2) is 18.5 Å². The Morgan fingerprint density at radius 2 is 2.24 bits per heavy atom. The minimum Gasteiger partial charge on any atom is -0.492 e. The summed E-state index contributed by atoms with van der Waals surface area (Å²) in [5.41, 5.74) is 1.20.